The van der Waals surface area contributed by atoms with Crippen LogP contribution in [0.1, 0.15) is 10.4 Å². The fourth-order valence-corrected chi connectivity index (χ4v) is 1.79. The number of anilines is 1. The van der Waals surface area contributed by atoms with E-state index in [1.54, 1.807) is 0 Å². The van der Waals surface area contributed by atoms with Gasteiger partial charge in [-0.1, -0.05) is 0 Å². The van der Waals surface area contributed by atoms with Gasteiger partial charge in [0.1, 0.15) is 11.6 Å². The molecule has 0 aliphatic carbocycles. The number of methoxy groups -OCH3 is 1. The molecule has 0 saturated carbocycles. The fraction of sp³-hybridized carbons (Fsp3) is 0.133. The molecule has 0 aliphatic heterocycles. The monoisotopic (exact) mass is 329 g/mol. The summed E-state index contributed by atoms with van der Waals surface area (Å²) < 4.78 is 60.1. The van der Waals surface area contributed by atoms with E-state index in [1.807, 2.05) is 0 Å². The van der Waals surface area contributed by atoms with Crippen molar-refractivity contribution in [1.82, 2.24) is 0 Å². The van der Waals surface area contributed by atoms with Crippen molar-refractivity contribution in [1.29, 1.82) is 0 Å². The normalized spacial score (nSPS) is 10.5. The number of rotatable bonds is 5. The average Bonchev–Trinajstić information content (AvgIpc) is 2.50. The highest BCUT2D eigenvalue weighted by molar-refractivity contribution is 6.04. The van der Waals surface area contributed by atoms with E-state index in [9.17, 15) is 22.4 Å². The maximum atomic E-state index is 13.5. The van der Waals surface area contributed by atoms with Crippen LogP contribution < -0.4 is 14.8 Å². The maximum absolute atomic E-state index is 13.5. The predicted octanol–water partition coefficient (Wildman–Crippen LogP) is 3.83. The van der Waals surface area contributed by atoms with Crippen LogP contribution in [0.2, 0.25) is 0 Å². The minimum absolute atomic E-state index is 0.00729. The average molecular weight is 329 g/mol. The van der Waals surface area contributed by atoms with Gasteiger partial charge in [0.2, 0.25) is 0 Å². The van der Waals surface area contributed by atoms with Gasteiger partial charge in [-0.2, -0.15) is 8.78 Å². The largest absolute Gasteiger partial charge is 0.493 e. The van der Waals surface area contributed by atoms with Gasteiger partial charge in [-0.15, -0.1) is 0 Å². The van der Waals surface area contributed by atoms with Crippen molar-refractivity contribution in [2.45, 2.75) is 6.61 Å². The van der Waals surface area contributed by atoms with E-state index >= 15 is 0 Å². The van der Waals surface area contributed by atoms with Crippen LogP contribution in [-0.2, 0) is 0 Å². The number of carbonyl (C=O) groups excluding carboxylic acids is 1. The van der Waals surface area contributed by atoms with Gasteiger partial charge in [0.05, 0.1) is 12.8 Å². The molecule has 0 aromatic heterocycles. The van der Waals surface area contributed by atoms with Gasteiger partial charge >= 0.3 is 6.61 Å². The zero-order valence-electron chi connectivity index (χ0n) is 11.8. The van der Waals surface area contributed by atoms with Crippen LogP contribution in [0.15, 0.2) is 36.4 Å². The van der Waals surface area contributed by atoms with Gasteiger partial charge in [-0.25, -0.2) is 8.78 Å². The van der Waals surface area contributed by atoms with E-state index in [0.29, 0.717) is 0 Å². The number of benzene rings is 2. The quantitative estimate of drug-likeness (QED) is 0.848. The molecule has 0 bridgehead atoms. The molecular formula is C15H11F4NO3. The summed E-state index contributed by atoms with van der Waals surface area (Å²) in [7, 11) is 1.21. The second-order valence-corrected chi connectivity index (χ2v) is 4.32. The summed E-state index contributed by atoms with van der Waals surface area (Å²) in [5.41, 5.74) is -0.353. The van der Waals surface area contributed by atoms with E-state index in [4.69, 9.17) is 4.74 Å². The minimum Gasteiger partial charge on any atom is -0.493 e. The van der Waals surface area contributed by atoms with E-state index in [-0.39, 0.29) is 22.7 Å². The number of ether oxygens (including phenoxy) is 2. The van der Waals surface area contributed by atoms with Crippen molar-refractivity contribution in [2.75, 3.05) is 12.4 Å². The van der Waals surface area contributed by atoms with Crippen LogP contribution in [0.5, 0.6) is 11.5 Å². The minimum atomic E-state index is -3.05. The third-order valence-corrected chi connectivity index (χ3v) is 2.82. The Bertz CT molecular complexity index is 722. The van der Waals surface area contributed by atoms with Crippen LogP contribution >= 0.6 is 0 Å². The lowest BCUT2D eigenvalue weighted by molar-refractivity contribution is -0.0512. The Kier molecular flexibility index (Phi) is 5.05. The molecule has 1 N–H and O–H groups in total. The summed E-state index contributed by atoms with van der Waals surface area (Å²) in [6.07, 6.45) is 0. The van der Waals surface area contributed by atoms with Crippen molar-refractivity contribution in [3.8, 4) is 11.5 Å². The van der Waals surface area contributed by atoms with Crippen LogP contribution in [0.25, 0.3) is 0 Å². The highest BCUT2D eigenvalue weighted by Gasteiger charge is 2.15. The Labute approximate surface area is 128 Å². The van der Waals surface area contributed by atoms with Gasteiger partial charge in [-0.05, 0) is 30.3 Å². The zero-order valence-corrected chi connectivity index (χ0v) is 11.8. The highest BCUT2D eigenvalue weighted by Crippen LogP contribution is 2.29. The molecule has 0 atom stereocenters. The topological polar surface area (TPSA) is 47.6 Å². The lowest BCUT2D eigenvalue weighted by atomic mass is 10.1. The molecule has 122 valence electrons. The molecule has 2 aromatic rings. The summed E-state index contributed by atoms with van der Waals surface area (Å²) in [5, 5.41) is 2.18. The molecule has 0 spiro atoms. The highest BCUT2D eigenvalue weighted by atomic mass is 19.3. The molecule has 2 rings (SSSR count). The van der Waals surface area contributed by atoms with Gasteiger partial charge < -0.3 is 14.8 Å². The Morgan fingerprint density at radius 2 is 1.83 bits per heavy atom. The summed E-state index contributed by atoms with van der Waals surface area (Å²) in [5.74, 6) is -2.66. The maximum Gasteiger partial charge on any atom is 0.387 e. The number of amides is 1. The number of halogens is 4. The first kappa shape index (κ1) is 16.6. The molecule has 1 amide bonds. The Balaban J connectivity index is 2.24. The van der Waals surface area contributed by atoms with Crippen molar-refractivity contribution < 1.29 is 31.8 Å². The molecule has 2 aromatic carbocycles. The zero-order chi connectivity index (χ0) is 17.0. The van der Waals surface area contributed by atoms with Crippen LogP contribution in [0, 0.1) is 11.6 Å². The Morgan fingerprint density at radius 1 is 1.09 bits per heavy atom. The molecule has 4 nitrogen and oxygen atoms in total. The third-order valence-electron chi connectivity index (χ3n) is 2.82. The number of hydrogen-bond donors (Lipinski definition) is 1. The molecule has 0 aliphatic rings. The first-order chi connectivity index (χ1) is 10.9. The van der Waals surface area contributed by atoms with E-state index in [1.165, 1.54) is 13.2 Å². The fourth-order valence-electron chi connectivity index (χ4n) is 1.79. The van der Waals surface area contributed by atoms with Crippen molar-refractivity contribution in [3.63, 3.8) is 0 Å². The molecule has 8 heteroatoms. The van der Waals surface area contributed by atoms with Crippen LogP contribution in [0.4, 0.5) is 23.2 Å². The first-order valence-corrected chi connectivity index (χ1v) is 6.30. The second kappa shape index (κ2) is 6.99. The summed E-state index contributed by atoms with van der Waals surface area (Å²) >= 11 is 0. The predicted molar refractivity (Wildman–Crippen MR) is 73.9 cm³/mol. The SMILES string of the molecule is COc1cc(C(=O)Nc2cc(F)ccc2F)ccc1OC(F)F. The molecule has 0 radical (unpaired) electrons. The molecule has 0 heterocycles. The van der Waals surface area contributed by atoms with Gasteiger partial charge in [-0.3, -0.25) is 4.79 Å². The number of carbonyl (C=O) groups is 1. The number of hydrogen-bond acceptors (Lipinski definition) is 3. The molecular weight excluding hydrogens is 318 g/mol. The molecule has 0 unspecified atom stereocenters. The van der Waals surface area contributed by atoms with Crippen LogP contribution in [0.3, 0.4) is 0 Å². The van der Waals surface area contributed by atoms with Gasteiger partial charge in [0.25, 0.3) is 5.91 Å². The van der Waals surface area contributed by atoms with Crippen molar-refractivity contribution >= 4 is 11.6 Å². The second-order valence-electron chi connectivity index (χ2n) is 4.32. The van der Waals surface area contributed by atoms with Crippen LogP contribution in [-0.4, -0.2) is 19.6 Å². The van der Waals surface area contributed by atoms with Crippen molar-refractivity contribution in [3.05, 3.63) is 53.6 Å². The molecule has 0 fully saturated rings. The van der Waals surface area contributed by atoms with Crippen molar-refractivity contribution in [2.24, 2.45) is 0 Å². The number of nitrogens with one attached hydrogen (secondary N) is 1. The third kappa shape index (κ3) is 4.12. The standard InChI is InChI=1S/C15H11F4NO3/c1-22-13-6-8(2-5-12(13)23-15(18)19)14(21)20-11-7-9(16)3-4-10(11)17/h2-7,15H,1H3,(H,20,21). The first-order valence-electron chi connectivity index (χ1n) is 6.30. The summed E-state index contributed by atoms with van der Waals surface area (Å²) in [6, 6.07) is 6.03. The summed E-state index contributed by atoms with van der Waals surface area (Å²) in [6.45, 7) is -3.05. The number of alkyl halides is 2. The molecule has 0 saturated heterocycles. The lowest BCUT2D eigenvalue weighted by Gasteiger charge is -2.12. The Morgan fingerprint density at radius 3 is 2.48 bits per heavy atom. The van der Waals surface area contributed by atoms with Gasteiger partial charge in [0, 0.05) is 11.6 Å². The van der Waals surface area contributed by atoms with Gasteiger partial charge in [0.15, 0.2) is 11.5 Å². The smallest absolute Gasteiger partial charge is 0.387 e. The molecule has 23 heavy (non-hydrogen) atoms. The lowest BCUT2D eigenvalue weighted by Crippen LogP contribution is -2.13. The van der Waals surface area contributed by atoms with E-state index < -0.39 is 24.2 Å². The summed E-state index contributed by atoms with van der Waals surface area (Å²) in [4.78, 5) is 12.0. The Hall–Kier alpha value is -2.77. The van der Waals surface area contributed by atoms with E-state index in [2.05, 4.69) is 10.1 Å². The van der Waals surface area contributed by atoms with E-state index in [0.717, 1.165) is 30.3 Å².